The van der Waals surface area contributed by atoms with Crippen LogP contribution in [0.15, 0.2) is 48.5 Å². The lowest BCUT2D eigenvalue weighted by molar-refractivity contribution is 0.595. The molecule has 0 atom stereocenters. The van der Waals surface area contributed by atoms with Crippen LogP contribution < -0.4 is 0 Å². The van der Waals surface area contributed by atoms with Crippen LogP contribution >= 0.6 is 31.7 Å². The van der Waals surface area contributed by atoms with Crippen molar-refractivity contribution in [3.63, 3.8) is 0 Å². The van der Waals surface area contributed by atoms with Gasteiger partial charge in [-0.25, -0.2) is 0 Å². The summed E-state index contributed by atoms with van der Waals surface area (Å²) in [6.45, 7) is 0. The van der Waals surface area contributed by atoms with Crippen LogP contribution in [0.3, 0.4) is 0 Å². The van der Waals surface area contributed by atoms with Gasteiger partial charge in [-0.3, -0.25) is 4.57 Å². The average molecular weight is 311 g/mol. The lowest BCUT2D eigenvalue weighted by Gasteiger charge is -2.17. The SMILES string of the molecule is O=PCCC(c1ccc(Cl)cc1)c1ccc(Cl)cc1. The van der Waals surface area contributed by atoms with E-state index in [0.29, 0.717) is 6.16 Å². The largest absolute Gasteiger partial charge is 0.275 e. The van der Waals surface area contributed by atoms with E-state index in [1.807, 2.05) is 48.5 Å². The number of halogens is 2. The Morgan fingerprint density at radius 3 is 1.63 bits per heavy atom. The smallest absolute Gasteiger partial charge is 0.155 e. The van der Waals surface area contributed by atoms with Crippen molar-refractivity contribution in [2.24, 2.45) is 0 Å². The maximum absolute atomic E-state index is 10.7. The lowest BCUT2D eigenvalue weighted by atomic mass is 9.89. The van der Waals surface area contributed by atoms with Crippen LogP contribution in [-0.4, -0.2) is 6.16 Å². The van der Waals surface area contributed by atoms with Crippen molar-refractivity contribution in [1.82, 2.24) is 0 Å². The molecule has 2 aromatic rings. The van der Waals surface area contributed by atoms with E-state index in [-0.39, 0.29) is 14.4 Å². The van der Waals surface area contributed by atoms with E-state index in [4.69, 9.17) is 23.2 Å². The molecular weight excluding hydrogens is 298 g/mol. The zero-order valence-corrected chi connectivity index (χ0v) is 12.6. The molecule has 0 spiro atoms. The van der Waals surface area contributed by atoms with Gasteiger partial charge in [-0.2, -0.15) is 0 Å². The molecule has 0 saturated heterocycles. The van der Waals surface area contributed by atoms with Gasteiger partial charge in [-0.15, -0.1) is 0 Å². The maximum atomic E-state index is 10.7. The third-order valence-corrected chi connectivity index (χ3v) is 4.00. The molecule has 1 nitrogen and oxygen atoms in total. The number of hydrogen-bond acceptors (Lipinski definition) is 1. The van der Waals surface area contributed by atoms with E-state index >= 15 is 0 Å². The molecule has 0 saturated carbocycles. The molecule has 0 fully saturated rings. The molecule has 0 radical (unpaired) electrons. The predicted octanol–water partition coefficient (Wildman–Crippen LogP) is 5.81. The van der Waals surface area contributed by atoms with Crippen LogP contribution in [0.4, 0.5) is 0 Å². The standard InChI is InChI=1S/C15H13Cl2OP/c16-13-5-1-11(2-6-13)15(9-10-19-18)12-3-7-14(17)8-4-12/h1-8,15H,9-10H2. The minimum absolute atomic E-state index is 0.179. The number of rotatable bonds is 5. The second kappa shape index (κ2) is 7.05. The molecule has 19 heavy (non-hydrogen) atoms. The molecule has 0 heterocycles. The quantitative estimate of drug-likeness (QED) is 0.637. The molecule has 0 bridgehead atoms. The van der Waals surface area contributed by atoms with Crippen LogP contribution in [0, 0.1) is 0 Å². The third kappa shape index (κ3) is 4.04. The summed E-state index contributed by atoms with van der Waals surface area (Å²) in [5.74, 6) is 0.219. The van der Waals surface area contributed by atoms with Crippen molar-refractivity contribution in [2.45, 2.75) is 12.3 Å². The molecular formula is C15H13Cl2OP. The first kappa shape index (κ1) is 14.5. The summed E-state index contributed by atoms with van der Waals surface area (Å²) in [4.78, 5) is 0. The Bertz CT molecular complexity index is 492. The summed E-state index contributed by atoms with van der Waals surface area (Å²) < 4.78 is 10.7. The normalized spacial score (nSPS) is 11.1. The summed E-state index contributed by atoms with van der Waals surface area (Å²) in [5.41, 5.74) is 2.35. The van der Waals surface area contributed by atoms with Gasteiger partial charge in [0, 0.05) is 22.1 Å². The summed E-state index contributed by atoms with van der Waals surface area (Å²) in [7, 11) is 0.179. The van der Waals surface area contributed by atoms with Crippen molar-refractivity contribution in [3.8, 4) is 0 Å². The van der Waals surface area contributed by atoms with Gasteiger partial charge in [0.05, 0.1) is 0 Å². The Morgan fingerprint density at radius 2 is 1.26 bits per heavy atom. The van der Waals surface area contributed by atoms with Gasteiger partial charge in [0.1, 0.15) is 0 Å². The van der Waals surface area contributed by atoms with E-state index < -0.39 is 0 Å². The molecule has 0 amide bonds. The Kier molecular flexibility index (Phi) is 5.39. The second-order valence-corrected chi connectivity index (χ2v) is 5.88. The molecule has 2 rings (SSSR count). The Labute approximate surface area is 124 Å². The predicted molar refractivity (Wildman–Crippen MR) is 81.8 cm³/mol. The van der Waals surface area contributed by atoms with E-state index in [1.54, 1.807) is 0 Å². The average Bonchev–Trinajstić information content (AvgIpc) is 2.43. The highest BCUT2D eigenvalue weighted by atomic mass is 35.5. The number of hydrogen-bond donors (Lipinski definition) is 0. The first-order valence-electron chi connectivity index (χ1n) is 6.01. The first-order chi connectivity index (χ1) is 9.20. The van der Waals surface area contributed by atoms with Gasteiger partial charge < -0.3 is 0 Å². The highest BCUT2D eigenvalue weighted by Gasteiger charge is 2.14. The van der Waals surface area contributed by atoms with Crippen molar-refractivity contribution in [3.05, 3.63) is 69.7 Å². The summed E-state index contributed by atoms with van der Waals surface area (Å²) >= 11 is 11.8. The summed E-state index contributed by atoms with van der Waals surface area (Å²) in [5, 5.41) is 1.45. The van der Waals surface area contributed by atoms with E-state index in [1.165, 1.54) is 11.1 Å². The van der Waals surface area contributed by atoms with E-state index in [0.717, 1.165) is 16.5 Å². The van der Waals surface area contributed by atoms with Gasteiger partial charge in [0.2, 0.25) is 0 Å². The number of benzene rings is 2. The van der Waals surface area contributed by atoms with Gasteiger partial charge in [0.25, 0.3) is 0 Å². The zero-order chi connectivity index (χ0) is 13.7. The van der Waals surface area contributed by atoms with Gasteiger partial charge in [-0.1, -0.05) is 47.5 Å². The summed E-state index contributed by atoms with van der Waals surface area (Å²) in [6, 6.07) is 15.6. The summed E-state index contributed by atoms with van der Waals surface area (Å²) in [6.07, 6.45) is 1.46. The Balaban J connectivity index is 2.31. The molecule has 0 unspecified atom stereocenters. The molecule has 0 aliphatic carbocycles. The highest BCUT2D eigenvalue weighted by molar-refractivity contribution is 7.23. The minimum Gasteiger partial charge on any atom is -0.275 e. The zero-order valence-electron chi connectivity index (χ0n) is 10.2. The fourth-order valence-electron chi connectivity index (χ4n) is 2.10. The molecule has 4 heteroatoms. The van der Waals surface area contributed by atoms with Gasteiger partial charge >= 0.3 is 0 Å². The monoisotopic (exact) mass is 310 g/mol. The van der Waals surface area contributed by atoms with Gasteiger partial charge in [-0.05, 0) is 41.8 Å². The maximum Gasteiger partial charge on any atom is 0.155 e. The molecule has 98 valence electrons. The van der Waals surface area contributed by atoms with Crippen molar-refractivity contribution in [1.29, 1.82) is 0 Å². The molecule has 2 aromatic carbocycles. The topological polar surface area (TPSA) is 17.1 Å². The van der Waals surface area contributed by atoms with Crippen LogP contribution in [0.5, 0.6) is 0 Å². The molecule has 0 aliphatic rings. The van der Waals surface area contributed by atoms with Crippen LogP contribution in [0.1, 0.15) is 23.5 Å². The Hall–Kier alpha value is -0.880. The molecule has 0 N–H and O–H groups in total. The van der Waals surface area contributed by atoms with Crippen LogP contribution in [0.25, 0.3) is 0 Å². The fraction of sp³-hybridized carbons (Fsp3) is 0.200. The van der Waals surface area contributed by atoms with Gasteiger partial charge in [0.15, 0.2) is 8.46 Å². The van der Waals surface area contributed by atoms with E-state index in [9.17, 15) is 4.57 Å². The third-order valence-electron chi connectivity index (χ3n) is 3.05. The van der Waals surface area contributed by atoms with E-state index in [2.05, 4.69) is 0 Å². The highest BCUT2D eigenvalue weighted by Crippen LogP contribution is 2.30. The first-order valence-corrected chi connectivity index (χ1v) is 7.76. The van der Waals surface area contributed by atoms with Crippen LogP contribution in [0.2, 0.25) is 10.0 Å². The van der Waals surface area contributed by atoms with Crippen molar-refractivity contribution < 1.29 is 4.57 Å². The molecule has 0 aromatic heterocycles. The Morgan fingerprint density at radius 1 is 0.842 bits per heavy atom. The second-order valence-electron chi connectivity index (χ2n) is 4.30. The van der Waals surface area contributed by atoms with Crippen molar-refractivity contribution in [2.75, 3.05) is 6.16 Å². The molecule has 0 aliphatic heterocycles. The van der Waals surface area contributed by atoms with Crippen LogP contribution in [-0.2, 0) is 4.57 Å². The van der Waals surface area contributed by atoms with Crippen molar-refractivity contribution >= 4 is 31.7 Å². The lowest BCUT2D eigenvalue weighted by Crippen LogP contribution is -2.02. The fourth-order valence-corrected chi connectivity index (χ4v) is 2.71. The minimum atomic E-state index is 0.179.